The number of piperidine rings is 1. The quantitative estimate of drug-likeness (QED) is 0.843. The van der Waals surface area contributed by atoms with E-state index in [1.807, 2.05) is 24.3 Å². The molecule has 1 saturated heterocycles. The molecule has 1 amide bonds. The van der Waals surface area contributed by atoms with Gasteiger partial charge in [0.15, 0.2) is 0 Å². The van der Waals surface area contributed by atoms with Crippen LogP contribution in [0.4, 0.5) is 5.69 Å². The van der Waals surface area contributed by atoms with Gasteiger partial charge in [0.25, 0.3) is 0 Å². The summed E-state index contributed by atoms with van der Waals surface area (Å²) in [5.41, 5.74) is 0.910. The van der Waals surface area contributed by atoms with Crippen LogP contribution in [0.15, 0.2) is 24.3 Å². The van der Waals surface area contributed by atoms with E-state index in [9.17, 15) is 4.79 Å². The van der Waals surface area contributed by atoms with Crippen LogP contribution in [-0.2, 0) is 4.79 Å². The number of likely N-dealkylation sites (tertiary alicyclic amines) is 1. The van der Waals surface area contributed by atoms with Gasteiger partial charge >= 0.3 is 0 Å². The van der Waals surface area contributed by atoms with E-state index in [0.717, 1.165) is 15.8 Å². The zero-order valence-electron chi connectivity index (χ0n) is 10.7. The standard InChI is InChI=1S/C14H19IN2O/c1-11-6-4-5-9-17(11)10-14(18)16-13-8-3-2-7-12(13)15/h2-3,7-8,11H,4-6,9-10H2,1H3,(H,16,18)/t11-/m0/s1. The Balaban J connectivity index is 1.90. The molecule has 1 aromatic carbocycles. The SMILES string of the molecule is C[C@H]1CCCCN1CC(=O)Nc1ccccc1I. The van der Waals surface area contributed by atoms with E-state index in [2.05, 4.69) is 39.7 Å². The van der Waals surface area contributed by atoms with Crippen molar-refractivity contribution in [3.8, 4) is 0 Å². The Labute approximate surface area is 122 Å². The van der Waals surface area contributed by atoms with Gasteiger partial charge in [0.05, 0.1) is 12.2 Å². The minimum Gasteiger partial charge on any atom is -0.324 e. The number of anilines is 1. The van der Waals surface area contributed by atoms with Gasteiger partial charge in [-0.1, -0.05) is 18.6 Å². The van der Waals surface area contributed by atoms with Crippen molar-refractivity contribution < 1.29 is 4.79 Å². The molecule has 4 heteroatoms. The van der Waals surface area contributed by atoms with Crippen molar-refractivity contribution in [1.29, 1.82) is 0 Å². The molecule has 1 aliphatic heterocycles. The molecule has 0 spiro atoms. The number of carbonyl (C=O) groups excluding carboxylic acids is 1. The van der Waals surface area contributed by atoms with Crippen LogP contribution in [0.2, 0.25) is 0 Å². The monoisotopic (exact) mass is 358 g/mol. The maximum atomic E-state index is 12.0. The van der Waals surface area contributed by atoms with Gasteiger partial charge in [-0.25, -0.2) is 0 Å². The number of nitrogens with one attached hydrogen (secondary N) is 1. The minimum absolute atomic E-state index is 0.0906. The first kappa shape index (κ1) is 13.8. The molecule has 0 unspecified atom stereocenters. The lowest BCUT2D eigenvalue weighted by Gasteiger charge is -2.32. The molecule has 1 atom stereocenters. The zero-order chi connectivity index (χ0) is 13.0. The van der Waals surface area contributed by atoms with E-state index in [-0.39, 0.29) is 5.91 Å². The highest BCUT2D eigenvalue weighted by molar-refractivity contribution is 14.1. The van der Waals surface area contributed by atoms with E-state index in [4.69, 9.17) is 0 Å². The second-order valence-corrected chi connectivity index (χ2v) is 6.01. The number of carbonyl (C=O) groups is 1. The summed E-state index contributed by atoms with van der Waals surface area (Å²) in [7, 11) is 0. The third kappa shape index (κ3) is 3.68. The molecule has 2 rings (SSSR count). The van der Waals surface area contributed by atoms with Gasteiger partial charge in [-0.15, -0.1) is 0 Å². The van der Waals surface area contributed by atoms with Crippen LogP contribution < -0.4 is 5.32 Å². The fourth-order valence-corrected chi connectivity index (χ4v) is 2.85. The van der Waals surface area contributed by atoms with Crippen LogP contribution in [0.25, 0.3) is 0 Å². The Bertz CT molecular complexity index is 422. The molecule has 0 saturated carbocycles. The normalized spacial score (nSPS) is 20.7. The lowest BCUT2D eigenvalue weighted by Crippen LogP contribution is -2.42. The second kappa shape index (κ2) is 6.52. The summed E-state index contributed by atoms with van der Waals surface area (Å²) in [5.74, 6) is 0.0906. The van der Waals surface area contributed by atoms with Gasteiger partial charge in [0, 0.05) is 9.61 Å². The molecule has 0 aliphatic carbocycles. The molecule has 1 N–H and O–H groups in total. The second-order valence-electron chi connectivity index (χ2n) is 4.84. The summed E-state index contributed by atoms with van der Waals surface area (Å²) in [6.07, 6.45) is 3.70. The highest BCUT2D eigenvalue weighted by atomic mass is 127. The summed E-state index contributed by atoms with van der Waals surface area (Å²) in [6.45, 7) is 3.76. The van der Waals surface area contributed by atoms with Crippen molar-refractivity contribution in [3.05, 3.63) is 27.8 Å². The Morgan fingerprint density at radius 1 is 1.44 bits per heavy atom. The van der Waals surface area contributed by atoms with Crippen molar-refractivity contribution in [2.75, 3.05) is 18.4 Å². The summed E-state index contributed by atoms with van der Waals surface area (Å²) in [5, 5.41) is 2.99. The van der Waals surface area contributed by atoms with Gasteiger partial charge in [0.1, 0.15) is 0 Å². The van der Waals surface area contributed by atoms with Gasteiger partial charge in [0.2, 0.25) is 5.91 Å². The number of benzene rings is 1. The third-order valence-corrected chi connectivity index (χ3v) is 4.38. The van der Waals surface area contributed by atoms with Crippen LogP contribution in [0.1, 0.15) is 26.2 Å². The van der Waals surface area contributed by atoms with Crippen LogP contribution >= 0.6 is 22.6 Å². The largest absolute Gasteiger partial charge is 0.324 e. The van der Waals surface area contributed by atoms with E-state index < -0.39 is 0 Å². The van der Waals surface area contributed by atoms with Crippen molar-refractivity contribution in [3.63, 3.8) is 0 Å². The highest BCUT2D eigenvalue weighted by Crippen LogP contribution is 2.18. The Kier molecular flexibility index (Phi) is 5.00. The number of para-hydroxylation sites is 1. The first-order valence-electron chi connectivity index (χ1n) is 6.45. The molecule has 1 aliphatic rings. The summed E-state index contributed by atoms with van der Waals surface area (Å²) in [4.78, 5) is 14.3. The fourth-order valence-electron chi connectivity index (χ4n) is 2.33. The van der Waals surface area contributed by atoms with E-state index in [1.165, 1.54) is 19.3 Å². The fraction of sp³-hybridized carbons (Fsp3) is 0.500. The Hall–Kier alpha value is -0.620. The van der Waals surface area contributed by atoms with Gasteiger partial charge in [-0.3, -0.25) is 9.69 Å². The van der Waals surface area contributed by atoms with Gasteiger partial charge in [-0.2, -0.15) is 0 Å². The molecule has 1 aromatic rings. The predicted molar refractivity (Wildman–Crippen MR) is 82.7 cm³/mol. The van der Waals surface area contributed by atoms with E-state index in [0.29, 0.717) is 12.6 Å². The first-order valence-corrected chi connectivity index (χ1v) is 7.53. The Morgan fingerprint density at radius 2 is 2.22 bits per heavy atom. The smallest absolute Gasteiger partial charge is 0.238 e. The summed E-state index contributed by atoms with van der Waals surface area (Å²) >= 11 is 2.24. The third-order valence-electron chi connectivity index (χ3n) is 3.44. The zero-order valence-corrected chi connectivity index (χ0v) is 12.8. The van der Waals surface area contributed by atoms with Crippen LogP contribution in [-0.4, -0.2) is 29.9 Å². The summed E-state index contributed by atoms with van der Waals surface area (Å²) in [6, 6.07) is 8.39. The number of nitrogens with zero attached hydrogens (tertiary/aromatic N) is 1. The molecule has 1 fully saturated rings. The molecule has 0 aromatic heterocycles. The maximum Gasteiger partial charge on any atom is 0.238 e. The first-order chi connectivity index (χ1) is 8.66. The predicted octanol–water partition coefficient (Wildman–Crippen LogP) is 3.10. The lowest BCUT2D eigenvalue weighted by atomic mass is 10.0. The van der Waals surface area contributed by atoms with Crippen LogP contribution in [0, 0.1) is 3.57 Å². The average molecular weight is 358 g/mol. The van der Waals surface area contributed by atoms with Crippen LogP contribution in [0.3, 0.4) is 0 Å². The number of hydrogen-bond acceptors (Lipinski definition) is 2. The van der Waals surface area contributed by atoms with Crippen molar-refractivity contribution >= 4 is 34.2 Å². The number of amides is 1. The Morgan fingerprint density at radius 3 is 2.94 bits per heavy atom. The molecule has 18 heavy (non-hydrogen) atoms. The van der Waals surface area contributed by atoms with Crippen molar-refractivity contribution in [2.45, 2.75) is 32.2 Å². The van der Waals surface area contributed by atoms with Gasteiger partial charge in [-0.05, 0) is 61.0 Å². The van der Waals surface area contributed by atoms with Crippen molar-refractivity contribution in [2.24, 2.45) is 0 Å². The average Bonchev–Trinajstić information content (AvgIpc) is 2.35. The molecule has 98 valence electrons. The highest BCUT2D eigenvalue weighted by Gasteiger charge is 2.20. The number of rotatable bonds is 3. The van der Waals surface area contributed by atoms with E-state index >= 15 is 0 Å². The van der Waals surface area contributed by atoms with Crippen LogP contribution in [0.5, 0.6) is 0 Å². The maximum absolute atomic E-state index is 12.0. The lowest BCUT2D eigenvalue weighted by molar-refractivity contribution is -0.118. The minimum atomic E-state index is 0.0906. The number of halogens is 1. The molecular formula is C14H19IN2O. The topological polar surface area (TPSA) is 32.3 Å². The number of hydrogen-bond donors (Lipinski definition) is 1. The van der Waals surface area contributed by atoms with Gasteiger partial charge < -0.3 is 5.32 Å². The van der Waals surface area contributed by atoms with Crippen molar-refractivity contribution in [1.82, 2.24) is 4.90 Å². The summed E-state index contributed by atoms with van der Waals surface area (Å²) < 4.78 is 1.08. The molecule has 1 heterocycles. The molecule has 0 bridgehead atoms. The van der Waals surface area contributed by atoms with E-state index in [1.54, 1.807) is 0 Å². The molecule has 0 radical (unpaired) electrons. The molecule has 3 nitrogen and oxygen atoms in total. The molecular weight excluding hydrogens is 339 g/mol.